The number of hydrogen-bond donors (Lipinski definition) is 1. The maximum Gasteiger partial charge on any atom is 0.134 e. The normalized spacial score (nSPS) is 18.9. The van der Waals surface area contributed by atoms with E-state index < -0.39 is 0 Å². The summed E-state index contributed by atoms with van der Waals surface area (Å²) >= 11 is 0. The Morgan fingerprint density at radius 1 is 0.905 bits per heavy atom. The zero-order chi connectivity index (χ0) is 14.5. The van der Waals surface area contributed by atoms with Crippen molar-refractivity contribution in [3.8, 4) is 0 Å². The van der Waals surface area contributed by atoms with Crippen LogP contribution in [-0.2, 0) is 4.79 Å². The number of Topliss-reactive ketones (excluding diaryl/α,β-unsaturated/α-hetero) is 1. The van der Waals surface area contributed by atoms with Gasteiger partial charge < -0.3 is 5.32 Å². The van der Waals surface area contributed by atoms with Gasteiger partial charge in [0.2, 0.25) is 0 Å². The molecule has 1 fully saturated rings. The molecule has 2 aromatic carbocycles. The summed E-state index contributed by atoms with van der Waals surface area (Å²) in [5.74, 6) is 0.388. The highest BCUT2D eigenvalue weighted by molar-refractivity contribution is 5.79. The topological polar surface area (TPSA) is 29.1 Å². The molecule has 2 aromatic rings. The van der Waals surface area contributed by atoms with Crippen molar-refractivity contribution in [2.45, 2.75) is 37.8 Å². The molecule has 2 nitrogen and oxygen atoms in total. The van der Waals surface area contributed by atoms with Gasteiger partial charge in [0.1, 0.15) is 5.78 Å². The Kier molecular flexibility index (Phi) is 4.46. The molecule has 0 heterocycles. The first-order valence-electron chi connectivity index (χ1n) is 7.70. The summed E-state index contributed by atoms with van der Waals surface area (Å²) in [6.07, 6.45) is 3.50. The number of rotatable bonds is 4. The molecule has 1 N–H and O–H groups in total. The van der Waals surface area contributed by atoms with Crippen molar-refractivity contribution in [2.24, 2.45) is 0 Å². The number of carbonyl (C=O) groups excluding carboxylic acids is 1. The Labute approximate surface area is 126 Å². The highest BCUT2D eigenvalue weighted by atomic mass is 16.1. The summed E-state index contributed by atoms with van der Waals surface area (Å²) in [4.78, 5) is 11.7. The highest BCUT2D eigenvalue weighted by Crippen LogP contribution is 2.25. The molecule has 0 bridgehead atoms. The van der Waals surface area contributed by atoms with E-state index in [-0.39, 0.29) is 12.1 Å². The molecule has 3 rings (SSSR count). The minimum atomic E-state index is 0.156. The summed E-state index contributed by atoms with van der Waals surface area (Å²) in [6, 6.07) is 21.4. The standard InChI is InChI=1S/C19H21NO/c21-18-13-7-12-17(14-18)20-19(15-8-3-1-4-9-15)16-10-5-2-6-11-16/h1-6,8-11,17,19-20H,7,12-14H2/t17-/m1/s1. The average Bonchev–Trinajstić information content (AvgIpc) is 2.54. The molecule has 0 unspecified atom stereocenters. The largest absolute Gasteiger partial charge is 0.303 e. The molecule has 0 radical (unpaired) electrons. The Balaban J connectivity index is 1.84. The molecule has 108 valence electrons. The van der Waals surface area contributed by atoms with Crippen LogP contribution in [0, 0.1) is 0 Å². The van der Waals surface area contributed by atoms with Crippen LogP contribution < -0.4 is 5.32 Å². The van der Waals surface area contributed by atoms with Crippen LogP contribution in [0.4, 0.5) is 0 Å². The SMILES string of the molecule is O=C1CCC[C@@H](NC(c2ccccc2)c2ccccc2)C1. The smallest absolute Gasteiger partial charge is 0.134 e. The molecule has 1 saturated carbocycles. The van der Waals surface area contributed by atoms with Gasteiger partial charge in [-0.2, -0.15) is 0 Å². The Morgan fingerprint density at radius 3 is 2.00 bits per heavy atom. The molecule has 0 aromatic heterocycles. The van der Waals surface area contributed by atoms with E-state index in [0.717, 1.165) is 19.3 Å². The van der Waals surface area contributed by atoms with Gasteiger partial charge in [-0.15, -0.1) is 0 Å². The van der Waals surface area contributed by atoms with Crippen LogP contribution in [0.3, 0.4) is 0 Å². The van der Waals surface area contributed by atoms with Crippen molar-refractivity contribution in [1.82, 2.24) is 5.32 Å². The van der Waals surface area contributed by atoms with Gasteiger partial charge in [0.15, 0.2) is 0 Å². The van der Waals surface area contributed by atoms with Crippen molar-refractivity contribution < 1.29 is 4.79 Å². The summed E-state index contributed by atoms with van der Waals surface area (Å²) in [7, 11) is 0. The van der Waals surface area contributed by atoms with E-state index in [0.29, 0.717) is 12.2 Å². The fraction of sp³-hybridized carbons (Fsp3) is 0.316. The van der Waals surface area contributed by atoms with E-state index in [1.807, 2.05) is 12.1 Å². The Hall–Kier alpha value is -1.93. The van der Waals surface area contributed by atoms with Crippen molar-refractivity contribution in [3.05, 3.63) is 71.8 Å². The number of nitrogens with one attached hydrogen (secondary N) is 1. The van der Waals surface area contributed by atoms with Crippen LogP contribution in [0.2, 0.25) is 0 Å². The minimum Gasteiger partial charge on any atom is -0.303 e. The average molecular weight is 279 g/mol. The third-order valence-corrected chi connectivity index (χ3v) is 4.15. The lowest BCUT2D eigenvalue weighted by Gasteiger charge is -2.28. The van der Waals surface area contributed by atoms with E-state index in [1.165, 1.54) is 11.1 Å². The van der Waals surface area contributed by atoms with Gasteiger partial charge in [-0.1, -0.05) is 60.7 Å². The van der Waals surface area contributed by atoms with Crippen molar-refractivity contribution >= 4 is 5.78 Å². The van der Waals surface area contributed by atoms with Crippen LogP contribution >= 0.6 is 0 Å². The lowest BCUT2D eigenvalue weighted by molar-refractivity contribution is -0.120. The van der Waals surface area contributed by atoms with Gasteiger partial charge in [-0.25, -0.2) is 0 Å². The molecule has 21 heavy (non-hydrogen) atoms. The van der Waals surface area contributed by atoms with E-state index in [9.17, 15) is 4.79 Å². The molecule has 1 atom stereocenters. The van der Waals surface area contributed by atoms with Gasteiger partial charge >= 0.3 is 0 Å². The van der Waals surface area contributed by atoms with E-state index >= 15 is 0 Å². The third-order valence-electron chi connectivity index (χ3n) is 4.15. The van der Waals surface area contributed by atoms with E-state index in [4.69, 9.17) is 0 Å². The zero-order valence-electron chi connectivity index (χ0n) is 12.2. The van der Waals surface area contributed by atoms with Gasteiger partial charge in [-0.05, 0) is 24.0 Å². The summed E-state index contributed by atoms with van der Waals surface area (Å²) in [5.41, 5.74) is 2.50. The number of ketones is 1. The number of hydrogen-bond acceptors (Lipinski definition) is 2. The predicted octanol–water partition coefficient (Wildman–Crippen LogP) is 3.88. The second-order valence-corrected chi connectivity index (χ2v) is 5.75. The molecule has 1 aliphatic rings. The summed E-state index contributed by atoms with van der Waals surface area (Å²) in [5, 5.41) is 3.70. The number of benzene rings is 2. The molecular weight excluding hydrogens is 258 g/mol. The number of carbonyl (C=O) groups is 1. The first-order valence-corrected chi connectivity index (χ1v) is 7.70. The first kappa shape index (κ1) is 14.0. The molecule has 0 spiro atoms. The van der Waals surface area contributed by atoms with Gasteiger partial charge in [0.25, 0.3) is 0 Å². The van der Waals surface area contributed by atoms with Crippen molar-refractivity contribution in [3.63, 3.8) is 0 Å². The van der Waals surface area contributed by atoms with E-state index in [2.05, 4.69) is 53.8 Å². The molecule has 1 aliphatic carbocycles. The molecule has 0 saturated heterocycles. The predicted molar refractivity (Wildman–Crippen MR) is 85.1 cm³/mol. The van der Waals surface area contributed by atoms with Crippen LogP contribution in [0.25, 0.3) is 0 Å². The monoisotopic (exact) mass is 279 g/mol. The molecular formula is C19H21NO. The summed E-state index contributed by atoms with van der Waals surface area (Å²) in [6.45, 7) is 0. The molecule has 0 aliphatic heterocycles. The quantitative estimate of drug-likeness (QED) is 0.920. The minimum absolute atomic E-state index is 0.156. The fourth-order valence-corrected chi connectivity index (χ4v) is 3.08. The Bertz CT molecular complexity index is 540. The maximum atomic E-state index is 11.7. The second kappa shape index (κ2) is 6.68. The lowest BCUT2D eigenvalue weighted by atomic mass is 9.91. The van der Waals surface area contributed by atoms with Crippen LogP contribution in [0.5, 0.6) is 0 Å². The zero-order valence-corrected chi connectivity index (χ0v) is 12.2. The van der Waals surface area contributed by atoms with Crippen LogP contribution in [0.1, 0.15) is 42.9 Å². The Morgan fingerprint density at radius 2 is 1.48 bits per heavy atom. The van der Waals surface area contributed by atoms with Crippen molar-refractivity contribution in [1.29, 1.82) is 0 Å². The molecule has 0 amide bonds. The highest BCUT2D eigenvalue weighted by Gasteiger charge is 2.23. The first-order chi connectivity index (χ1) is 10.3. The summed E-state index contributed by atoms with van der Waals surface area (Å²) < 4.78 is 0. The fourth-order valence-electron chi connectivity index (χ4n) is 3.08. The molecule has 2 heteroatoms. The third kappa shape index (κ3) is 3.59. The lowest BCUT2D eigenvalue weighted by Crippen LogP contribution is -2.37. The van der Waals surface area contributed by atoms with Crippen molar-refractivity contribution in [2.75, 3.05) is 0 Å². The van der Waals surface area contributed by atoms with Crippen LogP contribution in [-0.4, -0.2) is 11.8 Å². The van der Waals surface area contributed by atoms with Crippen LogP contribution in [0.15, 0.2) is 60.7 Å². The van der Waals surface area contributed by atoms with E-state index in [1.54, 1.807) is 0 Å². The van der Waals surface area contributed by atoms with Gasteiger partial charge in [0.05, 0.1) is 6.04 Å². The maximum absolute atomic E-state index is 11.7. The second-order valence-electron chi connectivity index (χ2n) is 5.75. The van der Waals surface area contributed by atoms with Gasteiger partial charge in [-0.3, -0.25) is 4.79 Å². The van der Waals surface area contributed by atoms with Gasteiger partial charge in [0, 0.05) is 18.9 Å².